The number of anilines is 1. The lowest BCUT2D eigenvalue weighted by atomic mass is 9.87. The molecule has 0 N–H and O–H groups in total. The van der Waals surface area contributed by atoms with Gasteiger partial charge in [0, 0.05) is 7.05 Å². The summed E-state index contributed by atoms with van der Waals surface area (Å²) < 4.78 is 1.34. The van der Waals surface area contributed by atoms with Gasteiger partial charge in [0.05, 0.1) is 23.6 Å². The molecule has 0 spiro atoms. The number of rotatable bonds is 3. The minimum Gasteiger partial charge on any atom is -0.365 e. The molecule has 0 amide bonds. The largest absolute Gasteiger partial charge is 0.365 e. The topological polar surface area (TPSA) is 38.1 Å². The Labute approximate surface area is 157 Å². The van der Waals surface area contributed by atoms with Gasteiger partial charge < -0.3 is 4.90 Å². The molecule has 4 rings (SSSR count). The van der Waals surface area contributed by atoms with Gasteiger partial charge in [-0.15, -0.1) is 0 Å². The summed E-state index contributed by atoms with van der Waals surface area (Å²) in [6.07, 6.45) is 4.94. The van der Waals surface area contributed by atoms with Gasteiger partial charge in [-0.05, 0) is 42.5 Å². The van der Waals surface area contributed by atoms with Gasteiger partial charge in [0.2, 0.25) is 0 Å². The second-order valence-corrected chi connectivity index (χ2v) is 6.99. The number of nitrogens with zero attached hydrogens (tertiary/aromatic N) is 3. The van der Waals surface area contributed by atoms with Gasteiger partial charge in [-0.1, -0.05) is 54.1 Å². The van der Waals surface area contributed by atoms with Crippen LogP contribution in [0, 0.1) is 0 Å². The average molecular weight is 366 g/mol. The maximum Gasteiger partial charge on any atom is 0.292 e. The molecule has 1 aliphatic rings. The summed E-state index contributed by atoms with van der Waals surface area (Å²) in [5.74, 6) is 0. The van der Waals surface area contributed by atoms with Crippen molar-refractivity contribution < 1.29 is 0 Å². The van der Waals surface area contributed by atoms with Crippen molar-refractivity contribution >= 4 is 17.3 Å². The predicted octanol–water partition coefficient (Wildman–Crippen LogP) is 4.40. The molecule has 132 valence electrons. The molecule has 0 fully saturated rings. The van der Waals surface area contributed by atoms with Crippen molar-refractivity contribution in [1.82, 2.24) is 9.78 Å². The smallest absolute Gasteiger partial charge is 0.292 e. The van der Waals surface area contributed by atoms with Crippen molar-refractivity contribution in [3.8, 4) is 5.69 Å². The van der Waals surface area contributed by atoms with E-state index in [0.29, 0.717) is 11.4 Å². The third kappa shape index (κ3) is 2.90. The summed E-state index contributed by atoms with van der Waals surface area (Å²) in [6.45, 7) is 0. The molecule has 1 atom stereocenters. The van der Waals surface area contributed by atoms with Crippen LogP contribution in [0.15, 0.2) is 65.6 Å². The van der Waals surface area contributed by atoms with Gasteiger partial charge in [0.1, 0.15) is 5.02 Å². The number of hydrogen-bond donors (Lipinski definition) is 0. The zero-order valence-corrected chi connectivity index (χ0v) is 15.4. The molecule has 4 nitrogen and oxygen atoms in total. The highest BCUT2D eigenvalue weighted by atomic mass is 35.5. The summed E-state index contributed by atoms with van der Waals surface area (Å²) >= 11 is 6.47. The Balaban J connectivity index is 1.73. The third-order valence-corrected chi connectivity index (χ3v) is 5.44. The van der Waals surface area contributed by atoms with Gasteiger partial charge >= 0.3 is 0 Å². The third-order valence-electron chi connectivity index (χ3n) is 5.09. The van der Waals surface area contributed by atoms with E-state index in [0.717, 1.165) is 19.3 Å². The maximum absolute atomic E-state index is 12.8. The second-order valence-electron chi connectivity index (χ2n) is 6.61. The van der Waals surface area contributed by atoms with E-state index in [2.05, 4.69) is 34.3 Å². The minimum absolute atomic E-state index is 0.200. The van der Waals surface area contributed by atoms with Gasteiger partial charge in [-0.2, -0.15) is 9.78 Å². The summed E-state index contributed by atoms with van der Waals surface area (Å²) in [5, 5.41) is 4.56. The molecule has 2 aromatic carbocycles. The molecule has 5 heteroatoms. The normalized spacial score (nSPS) is 16.2. The summed E-state index contributed by atoms with van der Waals surface area (Å²) in [4.78, 5) is 14.9. The van der Waals surface area contributed by atoms with E-state index >= 15 is 0 Å². The number of fused-ring (bicyclic) bond motifs is 1. The van der Waals surface area contributed by atoms with Crippen LogP contribution in [0.4, 0.5) is 5.69 Å². The first-order valence-corrected chi connectivity index (χ1v) is 9.18. The lowest BCUT2D eigenvalue weighted by Gasteiger charge is -2.35. The number of para-hydroxylation sites is 1. The van der Waals surface area contributed by atoms with Crippen molar-refractivity contribution in [3.63, 3.8) is 0 Å². The molecule has 1 aromatic heterocycles. The van der Waals surface area contributed by atoms with E-state index in [4.69, 9.17) is 11.6 Å². The van der Waals surface area contributed by atoms with Crippen LogP contribution >= 0.6 is 11.6 Å². The molecule has 0 unspecified atom stereocenters. The standard InChI is InChI=1S/C21H20ClN3O/c1-24(18-13-7-9-15-8-5-6-12-17(15)18)19-14-23-25(21(26)20(19)22)16-10-3-2-4-11-16/h2-6,8,10-12,14,18H,7,9,13H2,1H3/t18-/m0/s1. The second kappa shape index (κ2) is 6.96. The van der Waals surface area contributed by atoms with E-state index in [1.165, 1.54) is 15.8 Å². The number of halogens is 1. The molecule has 0 bridgehead atoms. The monoisotopic (exact) mass is 365 g/mol. The Kier molecular flexibility index (Phi) is 4.51. The van der Waals surface area contributed by atoms with E-state index in [9.17, 15) is 4.79 Å². The maximum atomic E-state index is 12.8. The molecule has 0 saturated carbocycles. The summed E-state index contributed by atoms with van der Waals surface area (Å²) in [6, 6.07) is 18.0. The fraction of sp³-hybridized carbons (Fsp3) is 0.238. The zero-order valence-electron chi connectivity index (χ0n) is 14.6. The van der Waals surface area contributed by atoms with Crippen LogP contribution in [0.25, 0.3) is 5.69 Å². The lowest BCUT2D eigenvalue weighted by molar-refractivity contribution is 0.543. The van der Waals surface area contributed by atoms with Crippen molar-refractivity contribution in [2.24, 2.45) is 0 Å². The minimum atomic E-state index is -0.300. The SMILES string of the molecule is CN(c1cnn(-c2ccccc2)c(=O)c1Cl)[C@H]1CCCc2ccccc21. The number of aryl methyl sites for hydroxylation is 1. The van der Waals surface area contributed by atoms with Crippen LogP contribution in [0.1, 0.15) is 30.0 Å². The van der Waals surface area contributed by atoms with Gasteiger partial charge in [0.25, 0.3) is 5.56 Å². The van der Waals surface area contributed by atoms with Crippen molar-refractivity contribution in [3.05, 3.63) is 87.3 Å². The van der Waals surface area contributed by atoms with Crippen molar-refractivity contribution in [2.75, 3.05) is 11.9 Å². The van der Waals surface area contributed by atoms with Gasteiger partial charge in [-0.25, -0.2) is 0 Å². The number of benzene rings is 2. The highest BCUT2D eigenvalue weighted by molar-refractivity contribution is 6.33. The van der Waals surface area contributed by atoms with Crippen LogP contribution in [0.3, 0.4) is 0 Å². The summed E-state index contributed by atoms with van der Waals surface area (Å²) in [5.41, 5.74) is 3.76. The molecular weight excluding hydrogens is 346 g/mol. The molecule has 1 heterocycles. The lowest BCUT2D eigenvalue weighted by Crippen LogP contribution is -2.31. The zero-order chi connectivity index (χ0) is 18.1. The number of aromatic nitrogens is 2. The Morgan fingerprint density at radius 3 is 2.65 bits per heavy atom. The van der Waals surface area contributed by atoms with Crippen molar-refractivity contribution in [1.29, 1.82) is 0 Å². The van der Waals surface area contributed by atoms with Crippen LogP contribution < -0.4 is 10.5 Å². The highest BCUT2D eigenvalue weighted by Crippen LogP contribution is 2.37. The van der Waals surface area contributed by atoms with Crippen LogP contribution in [-0.4, -0.2) is 16.8 Å². The fourth-order valence-electron chi connectivity index (χ4n) is 3.72. The molecule has 1 aliphatic carbocycles. The van der Waals surface area contributed by atoms with E-state index in [-0.39, 0.29) is 16.6 Å². The van der Waals surface area contributed by atoms with Crippen LogP contribution in [-0.2, 0) is 6.42 Å². The molecule has 3 aromatic rings. The predicted molar refractivity (Wildman–Crippen MR) is 105 cm³/mol. The van der Waals surface area contributed by atoms with E-state index in [1.54, 1.807) is 6.20 Å². The molecule has 26 heavy (non-hydrogen) atoms. The molecule has 0 aliphatic heterocycles. The Hall–Kier alpha value is -2.59. The average Bonchev–Trinajstić information content (AvgIpc) is 2.70. The first-order valence-electron chi connectivity index (χ1n) is 8.80. The van der Waals surface area contributed by atoms with E-state index in [1.807, 2.05) is 37.4 Å². The highest BCUT2D eigenvalue weighted by Gasteiger charge is 2.26. The first kappa shape index (κ1) is 16.9. The van der Waals surface area contributed by atoms with E-state index < -0.39 is 0 Å². The summed E-state index contributed by atoms with van der Waals surface area (Å²) in [7, 11) is 1.99. The first-order chi connectivity index (χ1) is 12.7. The van der Waals surface area contributed by atoms with Crippen molar-refractivity contribution in [2.45, 2.75) is 25.3 Å². The Morgan fingerprint density at radius 2 is 1.85 bits per heavy atom. The van der Waals surface area contributed by atoms with Gasteiger partial charge in [0.15, 0.2) is 0 Å². The quantitative estimate of drug-likeness (QED) is 0.690. The molecular formula is C21H20ClN3O. The van der Waals surface area contributed by atoms with Crippen LogP contribution in [0.5, 0.6) is 0 Å². The molecule has 0 radical (unpaired) electrons. The molecule has 0 saturated heterocycles. The Morgan fingerprint density at radius 1 is 1.12 bits per heavy atom. The van der Waals surface area contributed by atoms with Gasteiger partial charge in [-0.3, -0.25) is 4.79 Å². The fourth-order valence-corrected chi connectivity index (χ4v) is 3.98. The Bertz CT molecular complexity index is 984. The number of hydrogen-bond acceptors (Lipinski definition) is 3. The van der Waals surface area contributed by atoms with Crippen LogP contribution in [0.2, 0.25) is 5.02 Å².